The Bertz CT molecular complexity index is 1570. The van der Waals surface area contributed by atoms with Crippen molar-refractivity contribution in [2.24, 2.45) is 0 Å². The van der Waals surface area contributed by atoms with E-state index in [1.807, 2.05) is 18.3 Å². The van der Waals surface area contributed by atoms with Crippen LogP contribution in [0.2, 0.25) is 0 Å². The zero-order valence-electron chi connectivity index (χ0n) is 21.8. The molecule has 0 aliphatic carbocycles. The van der Waals surface area contributed by atoms with Crippen molar-refractivity contribution in [3.8, 4) is 17.0 Å². The van der Waals surface area contributed by atoms with Gasteiger partial charge in [-0.1, -0.05) is 54.6 Å². The normalized spacial score (nSPS) is 11.7. The molecule has 0 spiro atoms. The van der Waals surface area contributed by atoms with Gasteiger partial charge in [0, 0.05) is 17.8 Å². The number of aromatic nitrogens is 1. The summed E-state index contributed by atoms with van der Waals surface area (Å²) in [7, 11) is -6.54. The van der Waals surface area contributed by atoms with Crippen LogP contribution in [0.1, 0.15) is 0 Å². The number of ether oxygens (including phenoxy) is 1. The lowest BCUT2D eigenvalue weighted by Crippen LogP contribution is -2.38. The fraction of sp³-hybridized carbons (Fsp3) is 0.0645. The molecule has 0 atom stereocenters. The quantitative estimate of drug-likeness (QED) is 0.149. The van der Waals surface area contributed by atoms with Gasteiger partial charge in [-0.15, -0.1) is 0 Å². The zero-order chi connectivity index (χ0) is 29.5. The van der Waals surface area contributed by atoms with E-state index in [2.05, 4.69) is 115 Å². The van der Waals surface area contributed by atoms with Crippen LogP contribution in [0.25, 0.3) is 11.3 Å². The van der Waals surface area contributed by atoms with Crippen molar-refractivity contribution in [1.82, 2.24) is 4.98 Å². The molecular formula is C31H25F3NO4PS. The van der Waals surface area contributed by atoms with Gasteiger partial charge in [-0.2, -0.15) is 13.2 Å². The molecule has 0 saturated carbocycles. The molecule has 210 valence electrons. The molecule has 10 heteroatoms. The summed E-state index contributed by atoms with van der Waals surface area (Å²) in [4.78, 5) is 4.74. The minimum atomic E-state index is -6.09. The topological polar surface area (TPSA) is 79.3 Å². The van der Waals surface area contributed by atoms with Crippen molar-refractivity contribution in [3.05, 3.63) is 134 Å². The Hall–Kier alpha value is -4.04. The molecule has 1 aromatic heterocycles. The second-order valence-corrected chi connectivity index (χ2v) is 13.5. The molecule has 1 heterocycles. The Morgan fingerprint density at radius 2 is 1.10 bits per heavy atom. The van der Waals surface area contributed by atoms with Crippen molar-refractivity contribution < 1.29 is 30.9 Å². The Labute approximate surface area is 237 Å². The number of benzene rings is 4. The molecule has 5 aromatic rings. The maximum atomic E-state index is 10.7. The third-order valence-electron chi connectivity index (χ3n) is 6.23. The molecule has 5 rings (SSSR count). The van der Waals surface area contributed by atoms with Crippen molar-refractivity contribution in [1.29, 1.82) is 0 Å². The van der Waals surface area contributed by atoms with Crippen molar-refractivity contribution in [2.75, 3.05) is 7.11 Å². The Morgan fingerprint density at radius 1 is 0.683 bits per heavy atom. The fourth-order valence-electron chi connectivity index (χ4n) is 4.40. The molecule has 0 unspecified atom stereocenters. The van der Waals surface area contributed by atoms with Crippen LogP contribution in [0.4, 0.5) is 13.2 Å². The number of halogens is 3. The zero-order valence-corrected chi connectivity index (χ0v) is 23.5. The highest BCUT2D eigenvalue weighted by molar-refractivity contribution is 8.01. The predicted molar refractivity (Wildman–Crippen MR) is 157 cm³/mol. The molecule has 0 fully saturated rings. The second-order valence-electron chi connectivity index (χ2n) is 8.71. The van der Waals surface area contributed by atoms with E-state index in [4.69, 9.17) is 22.7 Å². The first-order valence-electron chi connectivity index (χ1n) is 12.3. The molecule has 0 bridgehead atoms. The molecule has 0 radical (unpaired) electrons. The van der Waals surface area contributed by atoms with Gasteiger partial charge in [-0.05, 0) is 66.7 Å². The highest BCUT2D eigenvalue weighted by atomic mass is 32.2. The summed E-state index contributed by atoms with van der Waals surface area (Å²) < 4.78 is 64.2. The Kier molecular flexibility index (Phi) is 9.23. The summed E-state index contributed by atoms with van der Waals surface area (Å²) in [6, 6.07) is 45.3. The van der Waals surface area contributed by atoms with Crippen LogP contribution in [0.3, 0.4) is 0 Å². The number of alkyl halides is 3. The summed E-state index contributed by atoms with van der Waals surface area (Å²) in [6.45, 7) is 0. The first-order valence-corrected chi connectivity index (χ1v) is 15.5. The van der Waals surface area contributed by atoms with Crippen molar-refractivity contribution in [3.63, 3.8) is 0 Å². The molecule has 0 aliphatic heterocycles. The van der Waals surface area contributed by atoms with E-state index >= 15 is 0 Å². The average Bonchev–Trinajstić information content (AvgIpc) is 2.99. The molecule has 5 nitrogen and oxygen atoms in total. The van der Waals surface area contributed by atoms with E-state index in [9.17, 15) is 13.2 Å². The third-order valence-corrected chi connectivity index (χ3v) is 11.1. The van der Waals surface area contributed by atoms with E-state index in [-0.39, 0.29) is 0 Å². The smallest absolute Gasteiger partial charge is 0.485 e. The lowest BCUT2D eigenvalue weighted by molar-refractivity contribution is -0.0517. The number of pyridine rings is 1. The van der Waals surface area contributed by atoms with E-state index in [1.54, 1.807) is 7.11 Å². The standard InChI is InChI=1S/C30H25NOP.CHF3O3S/c1-32-25-19-17-24(18-20-25)30-23-29(21-22-31-30)33(26-11-5-2-6-12-26,27-13-7-3-8-14-27)28-15-9-4-10-16-28;2-1(3,4)8(5,6)7/h2-23H,1H3;(H,5,6,7)/q+1;/p-1. The van der Waals surface area contributed by atoms with Crippen LogP contribution < -0.4 is 26.0 Å². The first kappa shape index (κ1) is 29.9. The fourth-order valence-corrected chi connectivity index (χ4v) is 8.65. The first-order chi connectivity index (χ1) is 19.6. The van der Waals surface area contributed by atoms with Gasteiger partial charge < -0.3 is 9.29 Å². The van der Waals surface area contributed by atoms with Gasteiger partial charge >= 0.3 is 5.51 Å². The largest absolute Gasteiger partial charge is 0.741 e. The Morgan fingerprint density at radius 3 is 1.46 bits per heavy atom. The van der Waals surface area contributed by atoms with Gasteiger partial charge in [0.15, 0.2) is 10.1 Å². The highest BCUT2D eigenvalue weighted by Crippen LogP contribution is 2.54. The number of rotatable bonds is 6. The minimum Gasteiger partial charge on any atom is -0.741 e. The molecule has 4 aromatic carbocycles. The van der Waals surface area contributed by atoms with Crippen molar-refractivity contribution in [2.45, 2.75) is 5.51 Å². The van der Waals surface area contributed by atoms with E-state index in [0.717, 1.165) is 17.0 Å². The van der Waals surface area contributed by atoms with Gasteiger partial charge in [0.2, 0.25) is 0 Å². The van der Waals surface area contributed by atoms with Crippen LogP contribution in [-0.2, 0) is 10.1 Å². The number of nitrogens with zero attached hydrogens (tertiary/aromatic N) is 1. The van der Waals surface area contributed by atoms with Crippen LogP contribution in [0, 0.1) is 0 Å². The molecule has 0 N–H and O–H groups in total. The Balaban J connectivity index is 0.000000426. The summed E-state index contributed by atoms with van der Waals surface area (Å²) >= 11 is 0. The molecule has 0 saturated heterocycles. The maximum Gasteiger partial charge on any atom is 0.485 e. The molecular weight excluding hydrogens is 570 g/mol. The van der Waals surface area contributed by atoms with E-state index < -0.39 is 22.9 Å². The predicted octanol–water partition coefficient (Wildman–Crippen LogP) is 5.43. The average molecular weight is 596 g/mol. The third kappa shape index (κ3) is 6.65. The van der Waals surface area contributed by atoms with Crippen LogP contribution in [0.5, 0.6) is 5.75 Å². The number of hydrogen-bond acceptors (Lipinski definition) is 5. The molecule has 0 aliphatic rings. The van der Waals surface area contributed by atoms with Gasteiger partial charge in [0.05, 0.1) is 12.8 Å². The summed E-state index contributed by atoms with van der Waals surface area (Å²) in [6.07, 6.45) is 1.94. The maximum absolute atomic E-state index is 10.7. The SMILES string of the molecule is COc1ccc(-c2cc([P+](c3ccccc3)(c3ccccc3)c3ccccc3)ccn2)cc1.O=S(=O)([O-])C(F)(F)F. The summed E-state index contributed by atoms with van der Waals surface area (Å²) in [5, 5.41) is 5.27. The van der Waals surface area contributed by atoms with Gasteiger partial charge in [-0.3, -0.25) is 4.98 Å². The second kappa shape index (κ2) is 12.6. The number of hydrogen-bond donors (Lipinski definition) is 0. The summed E-state index contributed by atoms with van der Waals surface area (Å²) in [5.41, 5.74) is -3.61. The lowest BCUT2D eigenvalue weighted by atomic mass is 10.1. The summed E-state index contributed by atoms with van der Waals surface area (Å²) in [5.74, 6) is 0.842. The monoisotopic (exact) mass is 595 g/mol. The van der Waals surface area contributed by atoms with Gasteiger partial charge in [0.1, 0.15) is 34.2 Å². The molecule has 0 amide bonds. The minimum absolute atomic E-state index is 0.842. The lowest BCUT2D eigenvalue weighted by Gasteiger charge is -2.27. The highest BCUT2D eigenvalue weighted by Gasteiger charge is 2.48. The van der Waals surface area contributed by atoms with E-state index in [0.29, 0.717) is 0 Å². The number of methoxy groups -OCH3 is 1. The van der Waals surface area contributed by atoms with Crippen LogP contribution >= 0.6 is 7.26 Å². The van der Waals surface area contributed by atoms with E-state index in [1.165, 1.54) is 21.2 Å². The van der Waals surface area contributed by atoms with Crippen LogP contribution in [-0.4, -0.2) is 30.6 Å². The van der Waals surface area contributed by atoms with Gasteiger partial charge in [0.25, 0.3) is 0 Å². The van der Waals surface area contributed by atoms with Gasteiger partial charge in [-0.25, -0.2) is 8.42 Å². The van der Waals surface area contributed by atoms with Crippen molar-refractivity contribution >= 4 is 38.6 Å². The van der Waals surface area contributed by atoms with Crippen LogP contribution in [0.15, 0.2) is 134 Å². The molecule has 41 heavy (non-hydrogen) atoms.